The summed E-state index contributed by atoms with van der Waals surface area (Å²) in [7, 11) is 0. The molecule has 0 spiro atoms. The molecule has 1 atom stereocenters. The summed E-state index contributed by atoms with van der Waals surface area (Å²) in [5, 5.41) is 3.99. The molecular formula is C14H19N3O. The van der Waals surface area contributed by atoms with E-state index in [1.54, 1.807) is 0 Å². The Balaban J connectivity index is 2.02. The van der Waals surface area contributed by atoms with E-state index in [-0.39, 0.29) is 6.04 Å². The zero-order chi connectivity index (χ0) is 13.0. The first-order valence-corrected chi connectivity index (χ1v) is 6.30. The first-order valence-electron chi connectivity index (χ1n) is 6.30. The standard InChI is InChI=1S/C14H19N3O/c1-3-12(15)9-14-16-13(17-18-14)8-11-6-4-5-10(2)7-11/h4-7,12H,3,8-9,15H2,1-2H3. The molecule has 0 saturated carbocycles. The van der Waals surface area contributed by atoms with Crippen molar-refractivity contribution in [2.45, 2.75) is 39.2 Å². The lowest BCUT2D eigenvalue weighted by Crippen LogP contribution is -2.21. The lowest BCUT2D eigenvalue weighted by atomic mass is 10.1. The maximum absolute atomic E-state index is 5.86. The summed E-state index contributed by atoms with van der Waals surface area (Å²) in [4.78, 5) is 4.37. The van der Waals surface area contributed by atoms with Crippen LogP contribution in [0.25, 0.3) is 0 Å². The molecule has 96 valence electrons. The first-order chi connectivity index (χ1) is 8.67. The van der Waals surface area contributed by atoms with E-state index < -0.39 is 0 Å². The second-order valence-corrected chi connectivity index (χ2v) is 4.64. The Hall–Kier alpha value is -1.68. The predicted molar refractivity (Wildman–Crippen MR) is 70.3 cm³/mol. The van der Waals surface area contributed by atoms with E-state index in [9.17, 15) is 0 Å². The molecule has 18 heavy (non-hydrogen) atoms. The van der Waals surface area contributed by atoms with Crippen LogP contribution in [0.15, 0.2) is 28.8 Å². The number of benzene rings is 1. The third-order valence-electron chi connectivity index (χ3n) is 2.92. The highest BCUT2D eigenvalue weighted by Crippen LogP contribution is 2.10. The third kappa shape index (κ3) is 3.40. The van der Waals surface area contributed by atoms with E-state index in [4.69, 9.17) is 10.3 Å². The largest absolute Gasteiger partial charge is 0.339 e. The Bertz CT molecular complexity index is 507. The van der Waals surface area contributed by atoms with E-state index in [2.05, 4.69) is 42.2 Å². The van der Waals surface area contributed by atoms with Gasteiger partial charge in [-0.1, -0.05) is 41.9 Å². The molecule has 1 aromatic carbocycles. The van der Waals surface area contributed by atoms with Gasteiger partial charge in [-0.25, -0.2) is 0 Å². The van der Waals surface area contributed by atoms with Crippen molar-refractivity contribution in [2.24, 2.45) is 5.73 Å². The molecule has 0 saturated heterocycles. The summed E-state index contributed by atoms with van der Waals surface area (Å²) >= 11 is 0. The van der Waals surface area contributed by atoms with E-state index in [1.807, 2.05) is 6.07 Å². The smallest absolute Gasteiger partial charge is 0.228 e. The molecule has 1 heterocycles. The van der Waals surface area contributed by atoms with Gasteiger partial charge >= 0.3 is 0 Å². The zero-order valence-electron chi connectivity index (χ0n) is 10.9. The second-order valence-electron chi connectivity index (χ2n) is 4.64. The van der Waals surface area contributed by atoms with Crippen LogP contribution in [0.5, 0.6) is 0 Å². The van der Waals surface area contributed by atoms with Crippen LogP contribution in [0.2, 0.25) is 0 Å². The van der Waals surface area contributed by atoms with Crippen molar-refractivity contribution in [1.82, 2.24) is 10.1 Å². The minimum absolute atomic E-state index is 0.0947. The predicted octanol–water partition coefficient (Wildman–Crippen LogP) is 2.25. The van der Waals surface area contributed by atoms with Gasteiger partial charge in [-0.3, -0.25) is 0 Å². The SMILES string of the molecule is CCC(N)Cc1nc(Cc2cccc(C)c2)no1. The Kier molecular flexibility index (Phi) is 4.10. The van der Waals surface area contributed by atoms with Crippen LogP contribution >= 0.6 is 0 Å². The normalized spacial score (nSPS) is 12.6. The fourth-order valence-electron chi connectivity index (χ4n) is 1.82. The molecule has 4 nitrogen and oxygen atoms in total. The van der Waals surface area contributed by atoms with Crippen molar-refractivity contribution in [3.63, 3.8) is 0 Å². The van der Waals surface area contributed by atoms with Gasteiger partial charge in [0.25, 0.3) is 0 Å². The minimum Gasteiger partial charge on any atom is -0.339 e. The molecule has 2 rings (SSSR count). The van der Waals surface area contributed by atoms with Crippen LogP contribution in [0.3, 0.4) is 0 Å². The lowest BCUT2D eigenvalue weighted by Gasteiger charge is -2.02. The average Bonchev–Trinajstić information content (AvgIpc) is 2.76. The molecule has 2 N–H and O–H groups in total. The van der Waals surface area contributed by atoms with Crippen molar-refractivity contribution in [3.8, 4) is 0 Å². The van der Waals surface area contributed by atoms with Crippen LogP contribution < -0.4 is 5.73 Å². The van der Waals surface area contributed by atoms with Gasteiger partial charge in [0.2, 0.25) is 5.89 Å². The molecule has 0 radical (unpaired) electrons. The zero-order valence-corrected chi connectivity index (χ0v) is 10.9. The Morgan fingerprint density at radius 1 is 1.39 bits per heavy atom. The van der Waals surface area contributed by atoms with Crippen LogP contribution in [-0.4, -0.2) is 16.2 Å². The number of hydrogen-bond donors (Lipinski definition) is 1. The van der Waals surface area contributed by atoms with Gasteiger partial charge in [0.1, 0.15) is 0 Å². The Labute approximate surface area is 107 Å². The summed E-state index contributed by atoms with van der Waals surface area (Å²) in [6.07, 6.45) is 2.26. The van der Waals surface area contributed by atoms with Crippen LogP contribution in [0, 0.1) is 6.92 Å². The molecule has 0 amide bonds. The van der Waals surface area contributed by atoms with Crippen LogP contribution in [-0.2, 0) is 12.8 Å². The lowest BCUT2D eigenvalue weighted by molar-refractivity contribution is 0.363. The fraction of sp³-hybridized carbons (Fsp3) is 0.429. The van der Waals surface area contributed by atoms with Crippen LogP contribution in [0.1, 0.15) is 36.2 Å². The number of aromatic nitrogens is 2. The van der Waals surface area contributed by atoms with Gasteiger partial charge in [0.15, 0.2) is 5.82 Å². The van der Waals surface area contributed by atoms with E-state index >= 15 is 0 Å². The number of hydrogen-bond acceptors (Lipinski definition) is 4. The molecule has 1 aromatic heterocycles. The van der Waals surface area contributed by atoms with Gasteiger partial charge in [-0.15, -0.1) is 0 Å². The second kappa shape index (κ2) is 5.78. The molecule has 0 aliphatic carbocycles. The van der Waals surface area contributed by atoms with Gasteiger partial charge in [-0.2, -0.15) is 4.98 Å². The van der Waals surface area contributed by atoms with Crippen molar-refractivity contribution >= 4 is 0 Å². The molecule has 0 aliphatic rings. The van der Waals surface area contributed by atoms with Gasteiger partial charge in [0.05, 0.1) is 0 Å². The van der Waals surface area contributed by atoms with E-state index in [1.165, 1.54) is 11.1 Å². The fourth-order valence-corrected chi connectivity index (χ4v) is 1.82. The number of rotatable bonds is 5. The molecule has 1 unspecified atom stereocenters. The molecule has 0 aliphatic heterocycles. The molecule has 4 heteroatoms. The average molecular weight is 245 g/mol. The monoisotopic (exact) mass is 245 g/mol. The van der Waals surface area contributed by atoms with Gasteiger partial charge < -0.3 is 10.3 Å². The molecule has 2 aromatic rings. The number of nitrogens with zero attached hydrogens (tertiary/aromatic N) is 2. The summed E-state index contributed by atoms with van der Waals surface area (Å²) in [6, 6.07) is 8.41. The molecule has 0 fully saturated rings. The van der Waals surface area contributed by atoms with Gasteiger partial charge in [0, 0.05) is 18.9 Å². The first kappa shape index (κ1) is 12.8. The van der Waals surface area contributed by atoms with Crippen molar-refractivity contribution in [2.75, 3.05) is 0 Å². The topological polar surface area (TPSA) is 64.9 Å². The quantitative estimate of drug-likeness (QED) is 0.877. The Morgan fingerprint density at radius 2 is 2.22 bits per heavy atom. The maximum Gasteiger partial charge on any atom is 0.228 e. The highest BCUT2D eigenvalue weighted by molar-refractivity contribution is 5.24. The molecular weight excluding hydrogens is 226 g/mol. The third-order valence-corrected chi connectivity index (χ3v) is 2.92. The van der Waals surface area contributed by atoms with E-state index in [0.717, 1.165) is 12.2 Å². The van der Waals surface area contributed by atoms with Gasteiger partial charge in [-0.05, 0) is 18.9 Å². The Morgan fingerprint density at radius 3 is 2.94 bits per heavy atom. The van der Waals surface area contributed by atoms with Crippen molar-refractivity contribution in [3.05, 3.63) is 47.1 Å². The summed E-state index contributed by atoms with van der Waals surface area (Å²) in [5.41, 5.74) is 8.30. The van der Waals surface area contributed by atoms with E-state index in [0.29, 0.717) is 18.7 Å². The van der Waals surface area contributed by atoms with Crippen molar-refractivity contribution < 1.29 is 4.52 Å². The summed E-state index contributed by atoms with van der Waals surface area (Å²) in [6.45, 7) is 4.13. The summed E-state index contributed by atoms with van der Waals surface area (Å²) in [5.74, 6) is 1.35. The van der Waals surface area contributed by atoms with Crippen molar-refractivity contribution in [1.29, 1.82) is 0 Å². The highest BCUT2D eigenvalue weighted by atomic mass is 16.5. The maximum atomic E-state index is 5.86. The summed E-state index contributed by atoms with van der Waals surface area (Å²) < 4.78 is 5.20. The number of nitrogens with two attached hydrogens (primary N) is 1. The number of aryl methyl sites for hydroxylation is 1. The molecule has 0 bridgehead atoms. The minimum atomic E-state index is 0.0947. The van der Waals surface area contributed by atoms with Crippen LogP contribution in [0.4, 0.5) is 0 Å². The highest BCUT2D eigenvalue weighted by Gasteiger charge is 2.10.